The number of carbonyl (C=O) groups is 1. The molecule has 1 aliphatic carbocycles. The third-order valence-corrected chi connectivity index (χ3v) is 6.58. The zero-order valence-corrected chi connectivity index (χ0v) is 15.1. The Kier molecular flexibility index (Phi) is 3.76. The van der Waals surface area contributed by atoms with E-state index in [0.29, 0.717) is 25.3 Å². The van der Waals surface area contributed by atoms with E-state index in [0.717, 1.165) is 24.2 Å². The first-order chi connectivity index (χ1) is 13.1. The zero-order chi connectivity index (χ0) is 18.6. The van der Waals surface area contributed by atoms with Gasteiger partial charge in [-0.2, -0.15) is 0 Å². The minimum Gasteiger partial charge on any atom is -0.493 e. The highest BCUT2D eigenvalue weighted by atomic mass is 19.1. The smallest absolute Gasteiger partial charge is 0.226 e. The third-order valence-electron chi connectivity index (χ3n) is 6.58. The summed E-state index contributed by atoms with van der Waals surface area (Å²) in [5.41, 5.74) is 7.97. The number of ether oxygens (including phenoxy) is 1. The molecule has 3 aliphatic rings. The maximum Gasteiger partial charge on any atom is 0.226 e. The predicted octanol–water partition coefficient (Wildman–Crippen LogP) is 2.82. The van der Waals surface area contributed by atoms with Gasteiger partial charge >= 0.3 is 0 Å². The van der Waals surface area contributed by atoms with Crippen LogP contribution in [0.4, 0.5) is 4.39 Å². The summed E-state index contributed by atoms with van der Waals surface area (Å²) in [6, 6.07) is 14.6. The minimum absolute atomic E-state index is 0.0193. The quantitative estimate of drug-likeness (QED) is 0.889. The number of likely N-dealkylation sites (tertiary alicyclic amines) is 1. The van der Waals surface area contributed by atoms with Crippen molar-refractivity contribution in [2.45, 2.75) is 30.2 Å². The number of carbonyl (C=O) groups excluding carboxylic acids is 1. The van der Waals surface area contributed by atoms with Gasteiger partial charge in [0.25, 0.3) is 0 Å². The molecule has 0 radical (unpaired) electrons. The van der Waals surface area contributed by atoms with Crippen LogP contribution in [-0.2, 0) is 10.2 Å². The number of fused-ring (bicyclic) bond motifs is 2. The molecule has 5 rings (SSSR count). The molecule has 2 aliphatic heterocycles. The number of para-hydroxylation sites is 1. The van der Waals surface area contributed by atoms with E-state index < -0.39 is 0 Å². The van der Waals surface area contributed by atoms with Crippen molar-refractivity contribution in [2.24, 2.45) is 11.7 Å². The molecular weight excluding hydrogens is 343 g/mol. The van der Waals surface area contributed by atoms with Gasteiger partial charge in [-0.05, 0) is 30.5 Å². The Labute approximate surface area is 158 Å². The van der Waals surface area contributed by atoms with Crippen molar-refractivity contribution in [3.8, 4) is 5.75 Å². The Morgan fingerprint density at radius 3 is 2.78 bits per heavy atom. The van der Waals surface area contributed by atoms with Crippen molar-refractivity contribution in [3.63, 3.8) is 0 Å². The standard InChI is InChI=1S/C22H23FN2O2/c23-18-7-3-1-5-14(18)15-12-25(13-19(15)24)21(26)17-11-22(17)9-10-27-20-8-4-2-6-16(20)22/h1-8,15,17,19H,9-13,24H2/t15-,17-,19+,22-/m0/s1. The average Bonchev–Trinajstić information content (AvgIpc) is 3.26. The molecule has 2 aromatic carbocycles. The van der Waals surface area contributed by atoms with Crippen molar-refractivity contribution >= 4 is 5.91 Å². The van der Waals surface area contributed by atoms with Crippen LogP contribution in [0.2, 0.25) is 0 Å². The summed E-state index contributed by atoms with van der Waals surface area (Å²) in [6.07, 6.45) is 1.74. The summed E-state index contributed by atoms with van der Waals surface area (Å²) in [5, 5.41) is 0. The fourth-order valence-electron chi connectivity index (χ4n) is 5.02. The fraction of sp³-hybridized carbons (Fsp3) is 0.409. The maximum atomic E-state index is 14.2. The van der Waals surface area contributed by atoms with Gasteiger partial charge < -0.3 is 15.4 Å². The van der Waals surface area contributed by atoms with Crippen LogP contribution in [0.25, 0.3) is 0 Å². The maximum absolute atomic E-state index is 14.2. The second-order valence-corrected chi connectivity index (χ2v) is 8.04. The molecule has 0 aromatic heterocycles. The SMILES string of the molecule is N[C@@H]1CN(C(=O)[C@@H]2C[C@]23CCOc2ccccc23)C[C@H]1c1ccccc1F. The Balaban J connectivity index is 1.36. The van der Waals surface area contributed by atoms with Gasteiger partial charge in [0.2, 0.25) is 5.91 Å². The van der Waals surface area contributed by atoms with Gasteiger partial charge in [0.15, 0.2) is 0 Å². The van der Waals surface area contributed by atoms with Crippen LogP contribution < -0.4 is 10.5 Å². The number of halogens is 1. The van der Waals surface area contributed by atoms with E-state index in [1.54, 1.807) is 12.1 Å². The van der Waals surface area contributed by atoms with E-state index in [-0.39, 0.29) is 35.0 Å². The first-order valence-corrected chi connectivity index (χ1v) is 9.61. The topological polar surface area (TPSA) is 55.6 Å². The summed E-state index contributed by atoms with van der Waals surface area (Å²) in [7, 11) is 0. The predicted molar refractivity (Wildman–Crippen MR) is 100 cm³/mol. The highest BCUT2D eigenvalue weighted by Gasteiger charge is 2.62. The van der Waals surface area contributed by atoms with E-state index in [1.807, 2.05) is 29.2 Å². The van der Waals surface area contributed by atoms with Crippen molar-refractivity contribution in [1.29, 1.82) is 0 Å². The summed E-state index contributed by atoms with van der Waals surface area (Å²) < 4.78 is 20.0. The number of hydrogen-bond donors (Lipinski definition) is 1. The molecule has 4 atom stereocenters. The molecule has 0 unspecified atom stereocenters. The molecule has 27 heavy (non-hydrogen) atoms. The lowest BCUT2D eigenvalue weighted by atomic mass is 9.87. The van der Waals surface area contributed by atoms with E-state index in [1.165, 1.54) is 6.07 Å². The van der Waals surface area contributed by atoms with Gasteiger partial charge in [-0.3, -0.25) is 4.79 Å². The Morgan fingerprint density at radius 2 is 1.93 bits per heavy atom. The van der Waals surface area contributed by atoms with E-state index in [9.17, 15) is 9.18 Å². The second-order valence-electron chi connectivity index (χ2n) is 8.04. The van der Waals surface area contributed by atoms with Crippen molar-refractivity contribution in [2.75, 3.05) is 19.7 Å². The molecule has 2 heterocycles. The van der Waals surface area contributed by atoms with E-state index in [2.05, 4.69) is 6.07 Å². The van der Waals surface area contributed by atoms with Gasteiger partial charge in [0.05, 0.1) is 6.61 Å². The number of amides is 1. The van der Waals surface area contributed by atoms with Crippen LogP contribution in [0, 0.1) is 11.7 Å². The second kappa shape index (κ2) is 6.06. The number of rotatable bonds is 2. The van der Waals surface area contributed by atoms with Crippen LogP contribution in [0.15, 0.2) is 48.5 Å². The minimum atomic E-state index is -0.242. The molecule has 1 saturated carbocycles. The lowest BCUT2D eigenvalue weighted by Gasteiger charge is -2.27. The van der Waals surface area contributed by atoms with E-state index >= 15 is 0 Å². The number of benzene rings is 2. The molecule has 5 heteroatoms. The van der Waals surface area contributed by atoms with E-state index in [4.69, 9.17) is 10.5 Å². The summed E-state index contributed by atoms with van der Waals surface area (Å²) >= 11 is 0. The first kappa shape index (κ1) is 16.8. The summed E-state index contributed by atoms with van der Waals surface area (Å²) in [4.78, 5) is 15.1. The first-order valence-electron chi connectivity index (χ1n) is 9.61. The van der Waals surface area contributed by atoms with Gasteiger partial charge in [0.1, 0.15) is 11.6 Å². The molecule has 2 aromatic rings. The average molecular weight is 366 g/mol. The molecule has 1 amide bonds. The number of nitrogens with two attached hydrogens (primary N) is 1. The Hall–Kier alpha value is -2.40. The van der Waals surface area contributed by atoms with Crippen molar-refractivity contribution < 1.29 is 13.9 Å². The lowest BCUT2D eigenvalue weighted by Crippen LogP contribution is -2.35. The van der Waals surface area contributed by atoms with Gasteiger partial charge in [-0.25, -0.2) is 4.39 Å². The fourth-order valence-corrected chi connectivity index (χ4v) is 5.02. The molecule has 1 spiro atoms. The molecular formula is C22H23FN2O2. The molecule has 0 bridgehead atoms. The summed E-state index contributed by atoms with van der Waals surface area (Å²) in [5.74, 6) is 0.650. The van der Waals surface area contributed by atoms with Crippen LogP contribution in [0.3, 0.4) is 0 Å². The highest BCUT2D eigenvalue weighted by Crippen LogP contribution is 2.61. The highest BCUT2D eigenvalue weighted by molar-refractivity contribution is 5.85. The third kappa shape index (κ3) is 2.56. The Bertz CT molecular complexity index is 901. The normalized spacial score (nSPS) is 31.5. The van der Waals surface area contributed by atoms with Gasteiger partial charge in [-0.15, -0.1) is 0 Å². The van der Waals surface area contributed by atoms with Crippen LogP contribution in [-0.4, -0.2) is 36.5 Å². The van der Waals surface area contributed by atoms with Crippen LogP contribution in [0.5, 0.6) is 5.75 Å². The van der Waals surface area contributed by atoms with Crippen LogP contribution >= 0.6 is 0 Å². The lowest BCUT2D eigenvalue weighted by molar-refractivity contribution is -0.132. The van der Waals surface area contributed by atoms with Crippen LogP contribution in [0.1, 0.15) is 29.9 Å². The molecule has 1 saturated heterocycles. The van der Waals surface area contributed by atoms with Gasteiger partial charge in [-0.1, -0.05) is 36.4 Å². The monoisotopic (exact) mass is 366 g/mol. The van der Waals surface area contributed by atoms with Gasteiger partial charge in [0, 0.05) is 41.9 Å². The zero-order valence-electron chi connectivity index (χ0n) is 15.1. The molecule has 2 N–H and O–H groups in total. The Morgan fingerprint density at radius 1 is 1.15 bits per heavy atom. The van der Waals surface area contributed by atoms with Crippen molar-refractivity contribution in [1.82, 2.24) is 4.90 Å². The molecule has 140 valence electrons. The molecule has 4 nitrogen and oxygen atoms in total. The number of hydrogen-bond acceptors (Lipinski definition) is 3. The molecule has 2 fully saturated rings. The largest absolute Gasteiger partial charge is 0.493 e. The van der Waals surface area contributed by atoms with Crippen molar-refractivity contribution in [3.05, 3.63) is 65.5 Å². The number of nitrogens with zero attached hydrogens (tertiary/aromatic N) is 1. The summed E-state index contributed by atoms with van der Waals surface area (Å²) in [6.45, 7) is 1.63.